The quantitative estimate of drug-likeness (QED) is 0.308. The lowest BCUT2D eigenvalue weighted by atomic mass is 10.1. The molecule has 0 fully saturated rings. The lowest BCUT2D eigenvalue weighted by Gasteiger charge is -2.11. The van der Waals surface area contributed by atoms with E-state index in [1.807, 2.05) is 25.1 Å². The molecule has 0 unspecified atom stereocenters. The van der Waals surface area contributed by atoms with Crippen molar-refractivity contribution in [3.63, 3.8) is 0 Å². The number of aryl methyl sites for hydroxylation is 1. The molecule has 0 aromatic heterocycles. The van der Waals surface area contributed by atoms with Crippen molar-refractivity contribution in [3.05, 3.63) is 98.0 Å². The van der Waals surface area contributed by atoms with Crippen molar-refractivity contribution in [2.24, 2.45) is 0 Å². The van der Waals surface area contributed by atoms with E-state index in [1.54, 1.807) is 48.5 Å². The van der Waals surface area contributed by atoms with Crippen LogP contribution in [0.2, 0.25) is 15.1 Å². The molecule has 0 radical (unpaired) electrons. The molecule has 0 saturated carbocycles. The highest BCUT2D eigenvalue weighted by Crippen LogP contribution is 2.28. The Kier molecular flexibility index (Phi) is 7.59. The molecule has 7 heteroatoms. The third kappa shape index (κ3) is 6.26. The van der Waals surface area contributed by atoms with Crippen LogP contribution in [0.3, 0.4) is 0 Å². The van der Waals surface area contributed by atoms with Crippen LogP contribution in [0.4, 0.5) is 5.69 Å². The van der Waals surface area contributed by atoms with Gasteiger partial charge in [0.25, 0.3) is 5.91 Å². The highest BCUT2D eigenvalue weighted by molar-refractivity contribution is 6.42. The topological polar surface area (TPSA) is 62.1 Å². The first-order valence-corrected chi connectivity index (χ1v) is 10.3. The summed E-state index contributed by atoms with van der Waals surface area (Å²) in [6.45, 7) is 2.17. The summed E-state index contributed by atoms with van der Waals surface area (Å²) in [5, 5.41) is 13.6. The summed E-state index contributed by atoms with van der Waals surface area (Å²) in [4.78, 5) is 12.6. The number of halogens is 3. The molecule has 4 nitrogen and oxygen atoms in total. The number of hydrogen-bond acceptors (Lipinski definition) is 3. The van der Waals surface area contributed by atoms with Crippen LogP contribution in [0.25, 0.3) is 6.08 Å². The summed E-state index contributed by atoms with van der Waals surface area (Å²) < 4.78 is 5.88. The van der Waals surface area contributed by atoms with Crippen molar-refractivity contribution in [1.82, 2.24) is 0 Å². The van der Waals surface area contributed by atoms with Crippen molar-refractivity contribution < 1.29 is 9.53 Å². The Hall–Kier alpha value is -2.97. The van der Waals surface area contributed by atoms with E-state index >= 15 is 0 Å². The SMILES string of the molecule is Cc1ccc(NC(=O)/C(C#N)=C/c2cc(Cl)ccc2OCc2ccc(Cl)c(Cl)c2)cc1. The van der Waals surface area contributed by atoms with Crippen LogP contribution >= 0.6 is 34.8 Å². The molecule has 156 valence electrons. The van der Waals surface area contributed by atoms with Gasteiger partial charge in [0.1, 0.15) is 24.0 Å². The first-order valence-electron chi connectivity index (χ1n) is 9.22. The summed E-state index contributed by atoms with van der Waals surface area (Å²) in [6, 6.07) is 19.4. The second kappa shape index (κ2) is 10.4. The number of nitrogens with one attached hydrogen (secondary N) is 1. The molecule has 1 N–H and O–H groups in total. The summed E-state index contributed by atoms with van der Waals surface area (Å²) in [7, 11) is 0. The van der Waals surface area contributed by atoms with Gasteiger partial charge in [0.15, 0.2) is 0 Å². The van der Waals surface area contributed by atoms with Crippen molar-refractivity contribution >= 4 is 52.5 Å². The number of carbonyl (C=O) groups is 1. The Morgan fingerprint density at radius 1 is 1.03 bits per heavy atom. The number of anilines is 1. The van der Waals surface area contributed by atoms with Gasteiger partial charge in [-0.25, -0.2) is 0 Å². The summed E-state index contributed by atoms with van der Waals surface area (Å²) in [5.74, 6) is -0.0619. The monoisotopic (exact) mass is 470 g/mol. The van der Waals surface area contributed by atoms with Crippen LogP contribution in [0.5, 0.6) is 5.75 Å². The van der Waals surface area contributed by atoms with Crippen molar-refractivity contribution in [3.8, 4) is 11.8 Å². The predicted molar refractivity (Wildman–Crippen MR) is 126 cm³/mol. The Morgan fingerprint density at radius 2 is 1.77 bits per heavy atom. The fourth-order valence-corrected chi connectivity index (χ4v) is 3.19. The molecule has 0 heterocycles. The van der Waals surface area contributed by atoms with Gasteiger partial charge in [0.2, 0.25) is 0 Å². The standard InChI is InChI=1S/C24H17Cl3N2O2/c1-15-2-6-20(7-3-15)29-24(30)18(13-28)11-17-12-19(25)5-9-23(17)31-14-16-4-8-21(26)22(27)10-16/h2-12H,14H2,1H3,(H,29,30)/b18-11+. The molecule has 3 rings (SSSR count). The van der Waals surface area contributed by atoms with Gasteiger partial charge in [-0.3, -0.25) is 4.79 Å². The lowest BCUT2D eigenvalue weighted by molar-refractivity contribution is -0.112. The van der Waals surface area contributed by atoms with E-state index in [9.17, 15) is 10.1 Å². The van der Waals surface area contributed by atoms with E-state index in [0.29, 0.717) is 32.1 Å². The van der Waals surface area contributed by atoms with E-state index in [1.165, 1.54) is 6.08 Å². The predicted octanol–water partition coefficient (Wildman–Crippen LogP) is 7.08. The van der Waals surface area contributed by atoms with E-state index in [4.69, 9.17) is 39.5 Å². The van der Waals surface area contributed by atoms with Crippen LogP contribution in [-0.4, -0.2) is 5.91 Å². The minimum absolute atomic E-state index is 0.0813. The van der Waals surface area contributed by atoms with Gasteiger partial charge in [-0.2, -0.15) is 5.26 Å². The Bertz CT molecular complexity index is 1180. The minimum Gasteiger partial charge on any atom is -0.488 e. The Morgan fingerprint density at radius 3 is 2.45 bits per heavy atom. The number of carbonyl (C=O) groups excluding carboxylic acids is 1. The first kappa shape index (κ1) is 22.7. The van der Waals surface area contributed by atoms with Crippen molar-refractivity contribution in [2.45, 2.75) is 13.5 Å². The zero-order valence-corrected chi connectivity index (χ0v) is 18.7. The highest BCUT2D eigenvalue weighted by Gasteiger charge is 2.12. The number of benzene rings is 3. The third-order valence-electron chi connectivity index (χ3n) is 4.32. The Balaban J connectivity index is 1.82. The summed E-state index contributed by atoms with van der Waals surface area (Å²) in [6.07, 6.45) is 1.44. The second-order valence-electron chi connectivity index (χ2n) is 6.71. The van der Waals surface area contributed by atoms with Gasteiger partial charge in [0, 0.05) is 16.3 Å². The largest absolute Gasteiger partial charge is 0.488 e. The molecule has 3 aromatic carbocycles. The lowest BCUT2D eigenvalue weighted by Crippen LogP contribution is -2.13. The van der Waals surface area contributed by atoms with Gasteiger partial charge in [0.05, 0.1) is 10.0 Å². The second-order valence-corrected chi connectivity index (χ2v) is 7.96. The number of amides is 1. The average Bonchev–Trinajstić information content (AvgIpc) is 2.75. The molecular formula is C24H17Cl3N2O2. The maximum absolute atomic E-state index is 12.6. The average molecular weight is 472 g/mol. The molecule has 0 aliphatic rings. The Labute approximate surface area is 195 Å². The fourth-order valence-electron chi connectivity index (χ4n) is 2.69. The van der Waals surface area contributed by atoms with E-state index < -0.39 is 5.91 Å². The first-order chi connectivity index (χ1) is 14.9. The van der Waals surface area contributed by atoms with Gasteiger partial charge < -0.3 is 10.1 Å². The summed E-state index contributed by atoms with van der Waals surface area (Å²) in [5.41, 5.74) is 2.90. The molecule has 0 saturated heterocycles. The van der Waals surface area contributed by atoms with E-state index in [0.717, 1.165) is 11.1 Å². The number of hydrogen-bond donors (Lipinski definition) is 1. The van der Waals surface area contributed by atoms with Gasteiger partial charge in [-0.15, -0.1) is 0 Å². The number of nitrogens with zero attached hydrogens (tertiary/aromatic N) is 1. The number of rotatable bonds is 6. The van der Waals surface area contributed by atoms with Crippen molar-refractivity contribution in [2.75, 3.05) is 5.32 Å². The van der Waals surface area contributed by atoms with E-state index in [-0.39, 0.29) is 12.2 Å². The van der Waals surface area contributed by atoms with E-state index in [2.05, 4.69) is 5.32 Å². The van der Waals surface area contributed by atoms with Crippen LogP contribution in [0.1, 0.15) is 16.7 Å². The minimum atomic E-state index is -0.526. The number of ether oxygens (including phenoxy) is 1. The maximum atomic E-state index is 12.6. The molecular weight excluding hydrogens is 455 g/mol. The zero-order chi connectivity index (χ0) is 22.4. The number of nitriles is 1. The molecule has 31 heavy (non-hydrogen) atoms. The van der Waals surface area contributed by atoms with Gasteiger partial charge in [-0.05, 0) is 61.0 Å². The van der Waals surface area contributed by atoms with Gasteiger partial charge in [-0.1, -0.05) is 58.6 Å². The van der Waals surface area contributed by atoms with Crippen molar-refractivity contribution in [1.29, 1.82) is 5.26 Å². The third-order valence-corrected chi connectivity index (χ3v) is 5.30. The summed E-state index contributed by atoms with van der Waals surface area (Å²) >= 11 is 18.1. The molecule has 0 atom stereocenters. The van der Waals surface area contributed by atoms with Crippen LogP contribution in [-0.2, 0) is 11.4 Å². The molecule has 0 spiro atoms. The maximum Gasteiger partial charge on any atom is 0.266 e. The zero-order valence-electron chi connectivity index (χ0n) is 16.5. The molecule has 0 bridgehead atoms. The highest BCUT2D eigenvalue weighted by atomic mass is 35.5. The van der Waals surface area contributed by atoms with Crippen LogP contribution < -0.4 is 10.1 Å². The molecule has 0 aliphatic heterocycles. The molecule has 3 aromatic rings. The fraction of sp³-hybridized carbons (Fsp3) is 0.0833. The van der Waals surface area contributed by atoms with Crippen LogP contribution in [0, 0.1) is 18.3 Å². The smallest absolute Gasteiger partial charge is 0.266 e. The normalized spacial score (nSPS) is 11.0. The molecule has 0 aliphatic carbocycles. The van der Waals surface area contributed by atoms with Gasteiger partial charge >= 0.3 is 0 Å². The molecule has 1 amide bonds. The van der Waals surface area contributed by atoms with Crippen LogP contribution in [0.15, 0.2) is 66.2 Å².